The van der Waals surface area contributed by atoms with Gasteiger partial charge >= 0.3 is 0 Å². The third-order valence-corrected chi connectivity index (χ3v) is 8.90. The summed E-state index contributed by atoms with van der Waals surface area (Å²) in [7, 11) is -2.63. The smallest absolute Gasteiger partial charge is 0.264 e. The molecule has 4 aromatic rings. The Morgan fingerprint density at radius 3 is 1.98 bits per heavy atom. The first-order valence-electron chi connectivity index (χ1n) is 14.2. The Bertz CT molecular complexity index is 1590. The Morgan fingerprint density at radius 2 is 1.40 bits per heavy atom. The number of carbonyl (C=O) groups excluding carboxylic acids is 2. The predicted molar refractivity (Wildman–Crippen MR) is 169 cm³/mol. The van der Waals surface area contributed by atoms with Gasteiger partial charge in [0.1, 0.15) is 24.1 Å². The molecule has 4 rings (SSSR count). The van der Waals surface area contributed by atoms with Gasteiger partial charge in [-0.15, -0.1) is 0 Å². The van der Waals surface area contributed by atoms with Crippen molar-refractivity contribution in [3.8, 4) is 11.5 Å². The molecule has 0 radical (unpaired) electrons. The second-order valence-corrected chi connectivity index (χ2v) is 12.0. The minimum Gasteiger partial charge on any atom is -0.457 e. The third kappa shape index (κ3) is 8.02. The van der Waals surface area contributed by atoms with Crippen LogP contribution in [0.3, 0.4) is 0 Å². The summed E-state index contributed by atoms with van der Waals surface area (Å²) in [4.78, 5) is 28.4. The zero-order valence-electron chi connectivity index (χ0n) is 24.6. The van der Waals surface area contributed by atoms with Gasteiger partial charge in [0.15, 0.2) is 0 Å². The molecule has 9 heteroatoms. The largest absolute Gasteiger partial charge is 0.457 e. The van der Waals surface area contributed by atoms with E-state index in [1.54, 1.807) is 36.4 Å². The molecule has 0 aliphatic carbocycles. The van der Waals surface area contributed by atoms with E-state index in [0.29, 0.717) is 30.0 Å². The fourth-order valence-corrected chi connectivity index (χ4v) is 6.15. The second kappa shape index (κ2) is 14.5. The summed E-state index contributed by atoms with van der Waals surface area (Å²) < 4.78 is 35.0. The zero-order valence-corrected chi connectivity index (χ0v) is 25.5. The highest BCUT2D eigenvalue weighted by Gasteiger charge is 2.33. The molecule has 0 saturated carbocycles. The van der Waals surface area contributed by atoms with Crippen LogP contribution in [0.2, 0.25) is 0 Å². The van der Waals surface area contributed by atoms with E-state index in [0.717, 1.165) is 15.4 Å². The highest BCUT2D eigenvalue weighted by atomic mass is 32.2. The summed E-state index contributed by atoms with van der Waals surface area (Å²) in [6, 6.07) is 31.2. The lowest BCUT2D eigenvalue weighted by atomic mass is 10.1. The van der Waals surface area contributed by atoms with Crippen LogP contribution in [-0.4, -0.2) is 51.3 Å². The van der Waals surface area contributed by atoms with Crippen molar-refractivity contribution in [1.82, 2.24) is 10.2 Å². The molecule has 0 spiro atoms. The van der Waals surface area contributed by atoms with Gasteiger partial charge in [-0.2, -0.15) is 0 Å². The van der Waals surface area contributed by atoms with Crippen LogP contribution in [-0.2, 0) is 26.0 Å². The molecule has 0 bridgehead atoms. The SMILES string of the molecule is CCC(C(=O)NC)N(CCc1ccccc1)C(=O)CN(c1ccc(Oc2ccccc2)cc1)S(=O)(=O)c1ccc(C)cc1. The predicted octanol–water partition coefficient (Wildman–Crippen LogP) is 5.58. The van der Waals surface area contributed by atoms with Crippen molar-refractivity contribution in [1.29, 1.82) is 0 Å². The number of benzene rings is 4. The maximum absolute atomic E-state index is 14.0. The Hall–Kier alpha value is -4.63. The van der Waals surface area contributed by atoms with Gasteiger partial charge < -0.3 is 15.0 Å². The molecule has 43 heavy (non-hydrogen) atoms. The van der Waals surface area contributed by atoms with Crippen molar-refractivity contribution in [2.45, 2.75) is 37.6 Å². The van der Waals surface area contributed by atoms with Crippen molar-refractivity contribution >= 4 is 27.5 Å². The molecule has 0 aliphatic heterocycles. The number of rotatable bonds is 13. The molecule has 1 N–H and O–H groups in total. The number of ether oxygens (including phenoxy) is 1. The van der Waals surface area contributed by atoms with E-state index in [-0.39, 0.29) is 17.3 Å². The monoisotopic (exact) mass is 599 g/mol. The van der Waals surface area contributed by atoms with Gasteiger partial charge in [0, 0.05) is 13.6 Å². The Kier molecular flexibility index (Phi) is 10.6. The molecule has 0 aromatic heterocycles. The molecule has 0 fully saturated rings. The quantitative estimate of drug-likeness (QED) is 0.217. The number of sulfonamides is 1. The summed E-state index contributed by atoms with van der Waals surface area (Å²) in [5, 5.41) is 2.64. The van der Waals surface area contributed by atoms with Crippen LogP contribution in [0.25, 0.3) is 0 Å². The number of hydrogen-bond acceptors (Lipinski definition) is 5. The van der Waals surface area contributed by atoms with Crippen molar-refractivity contribution in [2.75, 3.05) is 24.4 Å². The summed E-state index contributed by atoms with van der Waals surface area (Å²) in [6.07, 6.45) is 0.882. The standard InChI is InChI=1S/C34H37N3O5S/c1-4-32(34(39)35-3)36(24-23-27-11-7-5-8-12-27)33(38)25-37(43(40,41)31-21-15-26(2)16-22-31)28-17-19-30(20-18-28)42-29-13-9-6-10-14-29/h5-22,32H,4,23-25H2,1-3H3,(H,35,39). The number of amides is 2. The van der Waals surface area contributed by atoms with Crippen LogP contribution < -0.4 is 14.4 Å². The number of likely N-dealkylation sites (N-methyl/N-ethyl adjacent to an activating group) is 1. The molecule has 1 atom stereocenters. The summed E-state index contributed by atoms with van der Waals surface area (Å²) >= 11 is 0. The van der Waals surface area contributed by atoms with E-state index in [1.807, 2.05) is 74.5 Å². The van der Waals surface area contributed by atoms with Crippen LogP contribution in [0, 0.1) is 6.92 Å². The molecular weight excluding hydrogens is 562 g/mol. The zero-order chi connectivity index (χ0) is 30.8. The molecule has 0 heterocycles. The average molecular weight is 600 g/mol. The van der Waals surface area contributed by atoms with E-state index in [9.17, 15) is 18.0 Å². The third-order valence-electron chi connectivity index (χ3n) is 7.11. The highest BCUT2D eigenvalue weighted by Crippen LogP contribution is 2.28. The minimum atomic E-state index is -4.15. The summed E-state index contributed by atoms with van der Waals surface area (Å²) in [5.74, 6) is 0.374. The number of aryl methyl sites for hydroxylation is 1. The maximum Gasteiger partial charge on any atom is 0.264 e. The Balaban J connectivity index is 1.68. The molecular formula is C34H37N3O5S. The van der Waals surface area contributed by atoms with Crippen molar-refractivity contribution in [2.24, 2.45) is 0 Å². The molecule has 224 valence electrons. The van der Waals surface area contributed by atoms with Crippen molar-refractivity contribution < 1.29 is 22.7 Å². The van der Waals surface area contributed by atoms with Gasteiger partial charge in [-0.1, -0.05) is 73.2 Å². The molecule has 2 amide bonds. The van der Waals surface area contributed by atoms with E-state index < -0.39 is 28.5 Å². The first-order valence-corrected chi connectivity index (χ1v) is 15.6. The first kappa shape index (κ1) is 31.3. The lowest BCUT2D eigenvalue weighted by molar-refractivity contribution is -0.139. The van der Waals surface area contributed by atoms with E-state index in [2.05, 4.69) is 5.32 Å². The van der Waals surface area contributed by atoms with Gasteiger partial charge in [-0.25, -0.2) is 8.42 Å². The lowest BCUT2D eigenvalue weighted by Crippen LogP contribution is -2.52. The number of anilines is 1. The molecule has 4 aromatic carbocycles. The van der Waals surface area contributed by atoms with Crippen molar-refractivity contribution in [3.63, 3.8) is 0 Å². The lowest BCUT2D eigenvalue weighted by Gasteiger charge is -2.33. The number of para-hydroxylation sites is 1. The summed E-state index contributed by atoms with van der Waals surface area (Å²) in [6.45, 7) is 3.46. The normalized spacial score (nSPS) is 11.8. The van der Waals surface area contributed by atoms with Crippen LogP contribution in [0.1, 0.15) is 24.5 Å². The number of hydrogen-bond donors (Lipinski definition) is 1. The Labute approximate surface area is 254 Å². The fraction of sp³-hybridized carbons (Fsp3) is 0.235. The molecule has 0 saturated heterocycles. The van der Waals surface area contributed by atoms with E-state index in [4.69, 9.17) is 4.74 Å². The molecule has 0 aliphatic rings. The van der Waals surface area contributed by atoms with Crippen LogP contribution in [0.15, 0.2) is 114 Å². The molecule has 1 unspecified atom stereocenters. The van der Waals surface area contributed by atoms with E-state index >= 15 is 0 Å². The number of nitrogens with one attached hydrogen (secondary N) is 1. The number of carbonyl (C=O) groups is 2. The van der Waals surface area contributed by atoms with Gasteiger partial charge in [-0.05, 0) is 73.9 Å². The first-order chi connectivity index (χ1) is 20.7. The van der Waals surface area contributed by atoms with Gasteiger partial charge in [0.2, 0.25) is 11.8 Å². The van der Waals surface area contributed by atoms with E-state index in [1.165, 1.54) is 24.1 Å². The van der Waals surface area contributed by atoms with Gasteiger partial charge in [0.25, 0.3) is 10.0 Å². The Morgan fingerprint density at radius 1 is 0.814 bits per heavy atom. The summed E-state index contributed by atoms with van der Waals surface area (Å²) in [5.41, 5.74) is 2.21. The fourth-order valence-electron chi connectivity index (χ4n) is 4.73. The van der Waals surface area contributed by atoms with Crippen LogP contribution in [0.5, 0.6) is 11.5 Å². The highest BCUT2D eigenvalue weighted by molar-refractivity contribution is 7.92. The maximum atomic E-state index is 14.0. The minimum absolute atomic E-state index is 0.0599. The van der Waals surface area contributed by atoms with Crippen molar-refractivity contribution in [3.05, 3.63) is 120 Å². The average Bonchev–Trinajstić information content (AvgIpc) is 3.03. The number of nitrogens with zero attached hydrogens (tertiary/aromatic N) is 2. The van der Waals surface area contributed by atoms with Crippen LogP contribution in [0.4, 0.5) is 5.69 Å². The molecule has 8 nitrogen and oxygen atoms in total. The van der Waals surface area contributed by atoms with Gasteiger partial charge in [-0.3, -0.25) is 13.9 Å². The van der Waals surface area contributed by atoms with Gasteiger partial charge in [0.05, 0.1) is 10.6 Å². The second-order valence-electron chi connectivity index (χ2n) is 10.1. The topological polar surface area (TPSA) is 96.0 Å². The van der Waals surface area contributed by atoms with Crippen LogP contribution >= 0.6 is 0 Å².